The summed E-state index contributed by atoms with van der Waals surface area (Å²) in [5, 5.41) is 15.4. The summed E-state index contributed by atoms with van der Waals surface area (Å²) >= 11 is 1.34. The van der Waals surface area contributed by atoms with Crippen molar-refractivity contribution in [3.63, 3.8) is 0 Å². The van der Waals surface area contributed by atoms with E-state index >= 15 is 0 Å². The van der Waals surface area contributed by atoms with Crippen LogP contribution in [0.4, 0.5) is 5.69 Å². The highest BCUT2D eigenvalue weighted by Crippen LogP contribution is 2.23. The highest BCUT2D eigenvalue weighted by molar-refractivity contribution is 7.12. The molecule has 2 aromatic rings. The quantitative estimate of drug-likeness (QED) is 0.606. The summed E-state index contributed by atoms with van der Waals surface area (Å²) in [6.07, 6.45) is 0.160. The van der Waals surface area contributed by atoms with Gasteiger partial charge < -0.3 is 10.2 Å². The van der Waals surface area contributed by atoms with Gasteiger partial charge in [-0.1, -0.05) is 18.2 Å². The molecule has 25 heavy (non-hydrogen) atoms. The molecule has 2 rings (SSSR count). The fraction of sp³-hybridized carbons (Fsp3) is 0.294. The molecule has 132 valence electrons. The van der Waals surface area contributed by atoms with Crippen molar-refractivity contribution < 1.29 is 14.5 Å². The zero-order valence-corrected chi connectivity index (χ0v) is 14.8. The first kappa shape index (κ1) is 18.6. The fourth-order valence-corrected chi connectivity index (χ4v) is 2.93. The van der Waals surface area contributed by atoms with E-state index in [1.165, 1.54) is 28.4 Å². The van der Waals surface area contributed by atoms with E-state index in [0.29, 0.717) is 10.4 Å². The molecule has 0 aliphatic rings. The lowest BCUT2D eigenvalue weighted by atomic mass is 10.1. The Morgan fingerprint density at radius 1 is 1.32 bits per heavy atom. The van der Waals surface area contributed by atoms with Crippen LogP contribution in [-0.2, 0) is 4.79 Å². The average molecular weight is 361 g/mol. The van der Waals surface area contributed by atoms with E-state index in [4.69, 9.17) is 0 Å². The lowest BCUT2D eigenvalue weighted by molar-refractivity contribution is -0.384. The number of nitro groups is 1. The van der Waals surface area contributed by atoms with Gasteiger partial charge in [-0.25, -0.2) is 0 Å². The second-order valence-corrected chi connectivity index (χ2v) is 6.46. The number of carbonyl (C=O) groups is 2. The number of rotatable bonds is 7. The summed E-state index contributed by atoms with van der Waals surface area (Å²) in [5.41, 5.74) is 0.682. The molecule has 0 bridgehead atoms. The Hall–Kier alpha value is -2.74. The zero-order chi connectivity index (χ0) is 18.4. The predicted molar refractivity (Wildman–Crippen MR) is 95.6 cm³/mol. The van der Waals surface area contributed by atoms with E-state index in [0.717, 1.165) is 0 Å². The van der Waals surface area contributed by atoms with Crippen molar-refractivity contribution in [1.82, 2.24) is 10.2 Å². The minimum absolute atomic E-state index is 0.00610. The van der Waals surface area contributed by atoms with Gasteiger partial charge in [-0.3, -0.25) is 19.7 Å². The largest absolute Gasteiger partial charge is 0.351 e. The Morgan fingerprint density at radius 2 is 2.08 bits per heavy atom. The van der Waals surface area contributed by atoms with Crippen LogP contribution in [0.1, 0.15) is 34.6 Å². The van der Waals surface area contributed by atoms with Crippen molar-refractivity contribution in [2.75, 3.05) is 13.6 Å². The molecule has 0 saturated heterocycles. The lowest BCUT2D eigenvalue weighted by Crippen LogP contribution is -2.33. The molecule has 0 unspecified atom stereocenters. The normalized spacial score (nSPS) is 11.6. The van der Waals surface area contributed by atoms with Gasteiger partial charge in [0.1, 0.15) is 0 Å². The number of carbonyl (C=O) groups excluding carboxylic acids is 2. The number of nitro benzene ring substituents is 1. The monoisotopic (exact) mass is 361 g/mol. The minimum Gasteiger partial charge on any atom is -0.351 e. The predicted octanol–water partition coefficient (Wildman–Crippen LogP) is 3.00. The third-order valence-electron chi connectivity index (χ3n) is 3.91. The Bertz CT molecular complexity index is 761. The van der Waals surface area contributed by atoms with Crippen LogP contribution in [-0.4, -0.2) is 35.2 Å². The number of nitrogens with one attached hydrogen (secondary N) is 1. The maximum absolute atomic E-state index is 12.3. The third-order valence-corrected chi connectivity index (χ3v) is 4.78. The van der Waals surface area contributed by atoms with Gasteiger partial charge >= 0.3 is 0 Å². The summed E-state index contributed by atoms with van der Waals surface area (Å²) in [5.74, 6) is -0.345. The van der Waals surface area contributed by atoms with Crippen LogP contribution in [0.5, 0.6) is 0 Å². The topological polar surface area (TPSA) is 92.6 Å². The van der Waals surface area contributed by atoms with E-state index in [1.807, 2.05) is 5.38 Å². The van der Waals surface area contributed by atoms with Crippen molar-refractivity contribution in [3.8, 4) is 0 Å². The first-order chi connectivity index (χ1) is 11.9. The van der Waals surface area contributed by atoms with Crippen molar-refractivity contribution in [2.24, 2.45) is 0 Å². The highest BCUT2D eigenvalue weighted by atomic mass is 32.1. The van der Waals surface area contributed by atoms with Crippen LogP contribution in [0.25, 0.3) is 0 Å². The Labute approximate surface area is 149 Å². The molecular formula is C17H19N3O4S. The van der Waals surface area contributed by atoms with Crippen LogP contribution < -0.4 is 5.32 Å². The number of hydrogen-bond donors (Lipinski definition) is 1. The maximum atomic E-state index is 12.3. The molecule has 1 atom stereocenters. The molecule has 0 aliphatic heterocycles. The minimum atomic E-state index is -0.460. The van der Waals surface area contributed by atoms with Gasteiger partial charge in [0.15, 0.2) is 0 Å². The van der Waals surface area contributed by atoms with Crippen LogP contribution in [0.2, 0.25) is 0 Å². The molecule has 8 heteroatoms. The van der Waals surface area contributed by atoms with Crippen molar-refractivity contribution in [2.45, 2.75) is 19.4 Å². The molecule has 0 fully saturated rings. The number of benzene rings is 1. The van der Waals surface area contributed by atoms with E-state index < -0.39 is 4.92 Å². The van der Waals surface area contributed by atoms with E-state index in [2.05, 4.69) is 5.32 Å². The highest BCUT2D eigenvalue weighted by Gasteiger charge is 2.19. The second kappa shape index (κ2) is 8.39. The van der Waals surface area contributed by atoms with E-state index in [1.54, 1.807) is 38.2 Å². The molecule has 1 N–H and O–H groups in total. The lowest BCUT2D eigenvalue weighted by Gasteiger charge is -2.25. The number of hydrogen-bond acceptors (Lipinski definition) is 5. The molecular weight excluding hydrogens is 342 g/mol. The van der Waals surface area contributed by atoms with Crippen molar-refractivity contribution in [3.05, 3.63) is 62.3 Å². The smallest absolute Gasteiger partial charge is 0.269 e. The molecule has 2 amide bonds. The van der Waals surface area contributed by atoms with Gasteiger partial charge in [0.05, 0.1) is 15.8 Å². The first-order valence-electron chi connectivity index (χ1n) is 7.72. The zero-order valence-electron chi connectivity index (χ0n) is 14.0. The average Bonchev–Trinajstić information content (AvgIpc) is 3.15. The Kier molecular flexibility index (Phi) is 6.24. The first-order valence-corrected chi connectivity index (χ1v) is 8.60. The number of non-ortho nitro benzene ring substituents is 1. The summed E-state index contributed by atoms with van der Waals surface area (Å²) in [7, 11) is 1.65. The molecule has 0 saturated carbocycles. The molecule has 0 aliphatic carbocycles. The Balaban J connectivity index is 1.89. The summed E-state index contributed by atoms with van der Waals surface area (Å²) in [6.45, 7) is 2.04. The van der Waals surface area contributed by atoms with Gasteiger partial charge in [-0.15, -0.1) is 11.3 Å². The molecule has 1 heterocycles. The van der Waals surface area contributed by atoms with Crippen LogP contribution in [0.3, 0.4) is 0 Å². The van der Waals surface area contributed by atoms with Crippen molar-refractivity contribution >= 4 is 28.8 Å². The molecule has 7 nitrogen and oxygen atoms in total. The van der Waals surface area contributed by atoms with E-state index in [9.17, 15) is 19.7 Å². The van der Waals surface area contributed by atoms with Gasteiger partial charge in [0.2, 0.25) is 5.91 Å². The van der Waals surface area contributed by atoms with Gasteiger partial charge in [0.25, 0.3) is 11.6 Å². The Morgan fingerprint density at radius 3 is 2.72 bits per heavy atom. The second-order valence-electron chi connectivity index (χ2n) is 5.52. The number of thiophene rings is 1. The van der Waals surface area contributed by atoms with Crippen LogP contribution in [0.15, 0.2) is 41.8 Å². The van der Waals surface area contributed by atoms with Crippen LogP contribution in [0, 0.1) is 10.1 Å². The number of nitrogens with zero attached hydrogens (tertiary/aromatic N) is 2. The summed E-state index contributed by atoms with van der Waals surface area (Å²) < 4.78 is 0. The molecule has 1 aromatic heterocycles. The summed E-state index contributed by atoms with van der Waals surface area (Å²) in [6, 6.07) is 9.44. The van der Waals surface area contributed by atoms with Crippen molar-refractivity contribution in [1.29, 1.82) is 0 Å². The van der Waals surface area contributed by atoms with Crippen LogP contribution >= 0.6 is 11.3 Å². The SMILES string of the molecule is C[C@H](c1cccc([N+](=O)[O-])c1)N(C)C(=O)CCNC(=O)c1cccs1. The van der Waals surface area contributed by atoms with E-state index in [-0.39, 0.29) is 36.5 Å². The molecule has 0 radical (unpaired) electrons. The third kappa shape index (κ3) is 4.87. The maximum Gasteiger partial charge on any atom is 0.269 e. The van der Waals surface area contributed by atoms with Gasteiger partial charge in [-0.2, -0.15) is 0 Å². The molecule has 0 spiro atoms. The van der Waals surface area contributed by atoms with Gasteiger partial charge in [0, 0.05) is 32.1 Å². The number of amides is 2. The standard InChI is InChI=1S/C17H19N3O4S/c1-12(13-5-3-6-14(11-13)20(23)24)19(2)16(21)8-9-18-17(22)15-7-4-10-25-15/h3-7,10-12H,8-9H2,1-2H3,(H,18,22)/t12-/m1/s1. The summed E-state index contributed by atoms with van der Waals surface area (Å²) in [4.78, 5) is 36.6. The molecule has 1 aromatic carbocycles. The fourth-order valence-electron chi connectivity index (χ4n) is 2.29. The van der Waals surface area contributed by atoms with Gasteiger partial charge in [-0.05, 0) is 23.9 Å².